The number of unbranched alkanes of at least 4 members (excludes halogenated alkanes) is 5. The van der Waals surface area contributed by atoms with Crippen LogP contribution in [0.5, 0.6) is 0 Å². The van der Waals surface area contributed by atoms with Gasteiger partial charge in [0.05, 0.1) is 0 Å². The Morgan fingerprint density at radius 1 is 1.06 bits per heavy atom. The molecule has 0 amide bonds. The first-order chi connectivity index (χ1) is 7.79. The minimum Gasteiger partial charge on any atom is -0.357 e. The second-order valence-electron chi connectivity index (χ2n) is 4.27. The molecule has 0 aliphatic heterocycles. The van der Waals surface area contributed by atoms with Crippen LogP contribution in [0.1, 0.15) is 51.3 Å². The van der Waals surface area contributed by atoms with Crippen LogP contribution in [0.2, 0.25) is 0 Å². The average molecular weight is 224 g/mol. The first-order valence-corrected chi connectivity index (χ1v) is 6.35. The average Bonchev–Trinajstić information content (AvgIpc) is 2.65. The van der Waals surface area contributed by atoms with Gasteiger partial charge in [-0.05, 0) is 6.42 Å². The van der Waals surface area contributed by atoms with Gasteiger partial charge in [0.2, 0.25) is 5.95 Å². The summed E-state index contributed by atoms with van der Waals surface area (Å²) in [4.78, 5) is 0. The fourth-order valence-corrected chi connectivity index (χ4v) is 1.86. The van der Waals surface area contributed by atoms with Gasteiger partial charge in [-0.15, -0.1) is 10.2 Å². The van der Waals surface area contributed by atoms with Gasteiger partial charge in [-0.1, -0.05) is 39.0 Å². The van der Waals surface area contributed by atoms with Gasteiger partial charge in [0.25, 0.3) is 0 Å². The van der Waals surface area contributed by atoms with Crippen molar-refractivity contribution < 1.29 is 0 Å². The Morgan fingerprint density at radius 3 is 2.38 bits per heavy atom. The van der Waals surface area contributed by atoms with Crippen LogP contribution in [0.25, 0.3) is 0 Å². The molecule has 0 aromatic carbocycles. The molecule has 0 unspecified atom stereocenters. The highest BCUT2D eigenvalue weighted by Crippen LogP contribution is 2.10. The molecule has 1 heterocycles. The Hall–Kier alpha value is -1.06. The molecule has 0 saturated heterocycles. The molecule has 0 aliphatic rings. The van der Waals surface area contributed by atoms with E-state index in [1.807, 2.05) is 18.7 Å². The summed E-state index contributed by atoms with van der Waals surface area (Å²) in [6.07, 6.45) is 8.97. The minimum absolute atomic E-state index is 0.848. The molecule has 0 saturated carbocycles. The Kier molecular flexibility index (Phi) is 5.90. The van der Waals surface area contributed by atoms with E-state index in [1.165, 1.54) is 38.5 Å². The summed E-state index contributed by atoms with van der Waals surface area (Å²) in [6, 6.07) is 0. The molecule has 4 nitrogen and oxygen atoms in total. The SMILES string of the molecule is CCCCCCCCc1nnc(NC)n1C. The maximum absolute atomic E-state index is 4.17. The Balaban J connectivity index is 2.19. The van der Waals surface area contributed by atoms with E-state index in [-0.39, 0.29) is 0 Å². The quantitative estimate of drug-likeness (QED) is 0.690. The smallest absolute Gasteiger partial charge is 0.224 e. The van der Waals surface area contributed by atoms with Crippen molar-refractivity contribution in [3.05, 3.63) is 5.82 Å². The highest BCUT2D eigenvalue weighted by Gasteiger charge is 2.05. The number of aryl methyl sites for hydroxylation is 1. The number of aromatic nitrogens is 3. The van der Waals surface area contributed by atoms with Crippen molar-refractivity contribution in [1.29, 1.82) is 0 Å². The highest BCUT2D eigenvalue weighted by atomic mass is 15.3. The van der Waals surface area contributed by atoms with Crippen molar-refractivity contribution in [3.63, 3.8) is 0 Å². The van der Waals surface area contributed by atoms with Crippen LogP contribution in [0, 0.1) is 0 Å². The zero-order valence-corrected chi connectivity index (χ0v) is 10.8. The van der Waals surface area contributed by atoms with E-state index in [9.17, 15) is 0 Å². The lowest BCUT2D eigenvalue weighted by Gasteiger charge is -2.03. The van der Waals surface area contributed by atoms with Crippen molar-refractivity contribution in [1.82, 2.24) is 14.8 Å². The molecule has 0 spiro atoms. The van der Waals surface area contributed by atoms with Gasteiger partial charge in [-0.2, -0.15) is 0 Å². The van der Waals surface area contributed by atoms with Gasteiger partial charge in [-0.3, -0.25) is 0 Å². The molecule has 92 valence electrons. The predicted octanol–water partition coefficient (Wildman–Crippen LogP) is 2.76. The van der Waals surface area contributed by atoms with Crippen molar-refractivity contribution in [2.24, 2.45) is 7.05 Å². The molecular weight excluding hydrogens is 200 g/mol. The van der Waals surface area contributed by atoms with Crippen molar-refractivity contribution in [2.45, 2.75) is 51.9 Å². The van der Waals surface area contributed by atoms with E-state index >= 15 is 0 Å². The van der Waals surface area contributed by atoms with Crippen LogP contribution in [0.3, 0.4) is 0 Å². The molecule has 0 radical (unpaired) electrons. The zero-order chi connectivity index (χ0) is 11.8. The minimum atomic E-state index is 0.848. The Bertz CT molecular complexity index is 293. The topological polar surface area (TPSA) is 42.7 Å². The summed E-state index contributed by atoms with van der Waals surface area (Å²) in [6.45, 7) is 2.25. The van der Waals surface area contributed by atoms with E-state index < -0.39 is 0 Å². The fraction of sp³-hybridized carbons (Fsp3) is 0.833. The zero-order valence-electron chi connectivity index (χ0n) is 10.8. The molecule has 0 aliphatic carbocycles. The molecular formula is C12H24N4. The fourth-order valence-electron chi connectivity index (χ4n) is 1.86. The summed E-state index contributed by atoms with van der Waals surface area (Å²) < 4.78 is 2.03. The lowest BCUT2D eigenvalue weighted by atomic mass is 10.1. The molecule has 0 atom stereocenters. The second-order valence-corrected chi connectivity index (χ2v) is 4.27. The van der Waals surface area contributed by atoms with E-state index in [1.54, 1.807) is 0 Å². The normalized spacial score (nSPS) is 10.7. The number of nitrogens with zero attached hydrogens (tertiary/aromatic N) is 3. The van der Waals surface area contributed by atoms with Crippen LogP contribution >= 0.6 is 0 Å². The summed E-state index contributed by atoms with van der Waals surface area (Å²) in [5.41, 5.74) is 0. The lowest BCUT2D eigenvalue weighted by molar-refractivity contribution is 0.595. The molecule has 1 aromatic heterocycles. The van der Waals surface area contributed by atoms with Crippen molar-refractivity contribution in [2.75, 3.05) is 12.4 Å². The summed E-state index contributed by atoms with van der Waals surface area (Å²) >= 11 is 0. The highest BCUT2D eigenvalue weighted by molar-refractivity contribution is 5.23. The third-order valence-corrected chi connectivity index (χ3v) is 2.94. The van der Waals surface area contributed by atoms with Crippen molar-refractivity contribution in [3.8, 4) is 0 Å². The third kappa shape index (κ3) is 3.83. The Labute approximate surface area is 98.5 Å². The molecule has 0 fully saturated rings. The number of anilines is 1. The van der Waals surface area contributed by atoms with E-state index in [2.05, 4.69) is 22.4 Å². The molecule has 1 aromatic rings. The van der Waals surface area contributed by atoms with Crippen molar-refractivity contribution >= 4 is 5.95 Å². The van der Waals surface area contributed by atoms with Gasteiger partial charge < -0.3 is 9.88 Å². The number of rotatable bonds is 8. The maximum Gasteiger partial charge on any atom is 0.224 e. The summed E-state index contributed by atoms with van der Waals surface area (Å²) in [5.74, 6) is 1.93. The number of hydrogen-bond donors (Lipinski definition) is 1. The van der Waals surface area contributed by atoms with E-state index in [4.69, 9.17) is 0 Å². The first kappa shape index (κ1) is 13.0. The van der Waals surface area contributed by atoms with Gasteiger partial charge >= 0.3 is 0 Å². The molecule has 4 heteroatoms. The predicted molar refractivity (Wildman–Crippen MR) is 67.6 cm³/mol. The first-order valence-electron chi connectivity index (χ1n) is 6.35. The van der Waals surface area contributed by atoms with Gasteiger partial charge in [0.15, 0.2) is 0 Å². The standard InChI is InChI=1S/C12H24N4/c1-4-5-6-7-8-9-10-11-14-15-12(13-2)16(11)3/h4-10H2,1-3H3,(H,13,15). The molecule has 16 heavy (non-hydrogen) atoms. The summed E-state index contributed by atoms with van der Waals surface area (Å²) in [5, 5.41) is 11.3. The van der Waals surface area contributed by atoms with E-state index in [0.29, 0.717) is 0 Å². The number of nitrogens with one attached hydrogen (secondary N) is 1. The van der Waals surface area contributed by atoms with Gasteiger partial charge in [0, 0.05) is 20.5 Å². The van der Waals surface area contributed by atoms with Crippen LogP contribution in [0.4, 0.5) is 5.95 Å². The van der Waals surface area contributed by atoms with Gasteiger partial charge in [-0.25, -0.2) is 0 Å². The lowest BCUT2D eigenvalue weighted by Crippen LogP contribution is -2.02. The molecule has 1 rings (SSSR count). The number of hydrogen-bond acceptors (Lipinski definition) is 3. The molecule has 1 N–H and O–H groups in total. The van der Waals surface area contributed by atoms with E-state index in [0.717, 1.165) is 18.2 Å². The monoisotopic (exact) mass is 224 g/mol. The largest absolute Gasteiger partial charge is 0.357 e. The van der Waals surface area contributed by atoms with Crippen LogP contribution < -0.4 is 5.32 Å². The summed E-state index contributed by atoms with van der Waals surface area (Å²) in [7, 11) is 3.89. The second kappa shape index (κ2) is 7.25. The van der Waals surface area contributed by atoms with Crippen LogP contribution in [0.15, 0.2) is 0 Å². The Morgan fingerprint density at radius 2 is 1.75 bits per heavy atom. The van der Waals surface area contributed by atoms with Crippen LogP contribution in [-0.2, 0) is 13.5 Å². The van der Waals surface area contributed by atoms with Crippen LogP contribution in [-0.4, -0.2) is 21.8 Å². The maximum atomic E-state index is 4.17. The molecule has 0 bridgehead atoms. The van der Waals surface area contributed by atoms with Gasteiger partial charge in [0.1, 0.15) is 5.82 Å². The third-order valence-electron chi connectivity index (χ3n) is 2.94.